The predicted octanol–water partition coefficient (Wildman–Crippen LogP) is 3.26. The zero-order valence-electron chi connectivity index (χ0n) is 18.9. The van der Waals surface area contributed by atoms with Crippen LogP contribution in [-0.2, 0) is 23.1 Å². The molecule has 3 aliphatic rings. The van der Waals surface area contributed by atoms with Crippen LogP contribution < -0.4 is 4.74 Å². The van der Waals surface area contributed by atoms with E-state index in [-0.39, 0.29) is 12.7 Å². The smallest absolute Gasteiger partial charge is 0.410 e. The second-order valence-corrected chi connectivity index (χ2v) is 9.18. The van der Waals surface area contributed by atoms with Gasteiger partial charge in [-0.05, 0) is 38.3 Å². The summed E-state index contributed by atoms with van der Waals surface area (Å²) in [5.74, 6) is 0.838. The number of carbonyl (C=O) groups excluding carboxylic acids is 1. The van der Waals surface area contributed by atoms with Gasteiger partial charge in [-0.3, -0.25) is 0 Å². The van der Waals surface area contributed by atoms with Gasteiger partial charge in [0.25, 0.3) is 0 Å². The fraction of sp³-hybridized carbons (Fsp3) is 0.652. The molecule has 0 N–H and O–H groups in total. The van der Waals surface area contributed by atoms with E-state index in [2.05, 4.69) is 10.3 Å². The molecule has 3 fully saturated rings. The zero-order chi connectivity index (χ0) is 22.1. The Balaban J connectivity index is 1.26. The standard InChI is InChI=1S/C23H31N5O4/c1-16-19(32-20-14-23(20)8-4-3-5-9-23)7-6-17(24-16)21-18(27(2)26-25-21)15-31-22(29)28-10-12-30-13-11-28/h6-7,20H,3-5,8-15H2,1-2H3/t20-/m0/s1. The molecule has 172 valence electrons. The van der Waals surface area contributed by atoms with Gasteiger partial charge in [-0.1, -0.05) is 24.5 Å². The van der Waals surface area contributed by atoms with Crippen molar-refractivity contribution in [2.45, 2.75) is 58.2 Å². The molecule has 2 saturated carbocycles. The fourth-order valence-electron chi connectivity index (χ4n) is 4.92. The molecule has 1 aliphatic heterocycles. The van der Waals surface area contributed by atoms with Gasteiger partial charge >= 0.3 is 6.09 Å². The van der Waals surface area contributed by atoms with E-state index >= 15 is 0 Å². The van der Waals surface area contributed by atoms with Crippen LogP contribution in [0.1, 0.15) is 49.9 Å². The van der Waals surface area contributed by atoms with Crippen LogP contribution in [0.2, 0.25) is 0 Å². The number of amides is 1. The molecule has 0 aromatic carbocycles. The highest BCUT2D eigenvalue weighted by atomic mass is 16.6. The van der Waals surface area contributed by atoms with Crippen molar-refractivity contribution in [2.24, 2.45) is 12.5 Å². The maximum absolute atomic E-state index is 12.4. The van der Waals surface area contributed by atoms with Crippen molar-refractivity contribution in [3.8, 4) is 17.1 Å². The summed E-state index contributed by atoms with van der Waals surface area (Å²) in [6.45, 7) is 4.20. The number of carbonyl (C=O) groups is 1. The Morgan fingerprint density at radius 1 is 1.22 bits per heavy atom. The molecular weight excluding hydrogens is 410 g/mol. The highest BCUT2D eigenvalue weighted by Gasteiger charge is 2.56. The first-order valence-corrected chi connectivity index (χ1v) is 11.6. The Morgan fingerprint density at radius 2 is 2.00 bits per heavy atom. The molecule has 3 heterocycles. The first-order valence-electron chi connectivity index (χ1n) is 11.6. The lowest BCUT2D eigenvalue weighted by atomic mass is 9.86. The van der Waals surface area contributed by atoms with Crippen LogP contribution in [0.4, 0.5) is 4.79 Å². The number of hydrogen-bond donors (Lipinski definition) is 0. The van der Waals surface area contributed by atoms with E-state index in [1.807, 2.05) is 19.1 Å². The molecule has 0 unspecified atom stereocenters. The molecule has 1 amide bonds. The van der Waals surface area contributed by atoms with Crippen molar-refractivity contribution in [3.63, 3.8) is 0 Å². The summed E-state index contributed by atoms with van der Waals surface area (Å²) in [7, 11) is 1.79. The molecular formula is C23H31N5O4. The van der Waals surface area contributed by atoms with E-state index in [0.29, 0.717) is 54.9 Å². The summed E-state index contributed by atoms with van der Waals surface area (Å²) in [5, 5.41) is 8.39. The minimum absolute atomic E-state index is 0.0819. The third-order valence-electron chi connectivity index (χ3n) is 7.06. The van der Waals surface area contributed by atoms with Gasteiger partial charge in [0.15, 0.2) is 0 Å². The van der Waals surface area contributed by atoms with Gasteiger partial charge in [-0.2, -0.15) is 0 Å². The number of aryl methyl sites for hydroxylation is 2. The largest absolute Gasteiger partial charge is 0.488 e. The monoisotopic (exact) mass is 441 g/mol. The maximum atomic E-state index is 12.4. The lowest BCUT2D eigenvalue weighted by Crippen LogP contribution is -2.41. The van der Waals surface area contributed by atoms with E-state index in [1.54, 1.807) is 16.6 Å². The highest BCUT2D eigenvalue weighted by Crippen LogP contribution is 2.58. The lowest BCUT2D eigenvalue weighted by Gasteiger charge is -2.25. The number of aromatic nitrogens is 4. The number of ether oxygens (including phenoxy) is 3. The van der Waals surface area contributed by atoms with Gasteiger partial charge in [-0.25, -0.2) is 14.5 Å². The van der Waals surface area contributed by atoms with E-state index in [0.717, 1.165) is 17.9 Å². The molecule has 2 aromatic rings. The molecule has 2 aromatic heterocycles. The number of rotatable bonds is 5. The highest BCUT2D eigenvalue weighted by molar-refractivity contribution is 5.68. The van der Waals surface area contributed by atoms with Crippen LogP contribution in [0.25, 0.3) is 11.4 Å². The fourth-order valence-corrected chi connectivity index (χ4v) is 4.92. The molecule has 32 heavy (non-hydrogen) atoms. The summed E-state index contributed by atoms with van der Waals surface area (Å²) in [4.78, 5) is 18.7. The summed E-state index contributed by atoms with van der Waals surface area (Å²) in [6.07, 6.45) is 7.70. The third kappa shape index (κ3) is 4.18. The summed E-state index contributed by atoms with van der Waals surface area (Å²) in [6, 6.07) is 3.89. The van der Waals surface area contributed by atoms with Crippen molar-refractivity contribution in [1.29, 1.82) is 0 Å². The van der Waals surface area contributed by atoms with Gasteiger partial charge in [0, 0.05) is 25.6 Å². The number of morpholine rings is 1. The Hall–Kier alpha value is -2.68. The SMILES string of the molecule is Cc1nc(-c2nnn(C)c2COC(=O)N2CCOCC2)ccc1O[C@H]1CC12CCCCC2. The topological polar surface area (TPSA) is 91.6 Å². The van der Waals surface area contributed by atoms with Gasteiger partial charge in [-0.15, -0.1) is 5.10 Å². The predicted molar refractivity (Wildman–Crippen MR) is 116 cm³/mol. The lowest BCUT2D eigenvalue weighted by molar-refractivity contribution is 0.0244. The zero-order valence-corrected chi connectivity index (χ0v) is 18.9. The normalized spacial score (nSPS) is 22.1. The molecule has 1 atom stereocenters. The minimum atomic E-state index is -0.352. The Bertz CT molecular complexity index is 979. The molecule has 1 saturated heterocycles. The molecule has 9 nitrogen and oxygen atoms in total. The summed E-state index contributed by atoms with van der Waals surface area (Å²) >= 11 is 0. The van der Waals surface area contributed by atoms with Crippen molar-refractivity contribution in [1.82, 2.24) is 24.9 Å². The van der Waals surface area contributed by atoms with Gasteiger partial charge in [0.1, 0.15) is 29.8 Å². The third-order valence-corrected chi connectivity index (χ3v) is 7.06. The van der Waals surface area contributed by atoms with Gasteiger partial charge in [0.05, 0.1) is 24.6 Å². The quantitative estimate of drug-likeness (QED) is 0.703. The molecule has 1 spiro atoms. The van der Waals surface area contributed by atoms with Crippen LogP contribution in [0.3, 0.4) is 0 Å². The maximum Gasteiger partial charge on any atom is 0.410 e. The van der Waals surface area contributed by atoms with Crippen LogP contribution in [0, 0.1) is 12.3 Å². The molecule has 5 rings (SSSR count). The first kappa shape index (κ1) is 21.2. The van der Waals surface area contributed by atoms with E-state index in [4.69, 9.17) is 19.2 Å². The average Bonchev–Trinajstić information content (AvgIpc) is 3.32. The molecule has 2 aliphatic carbocycles. The van der Waals surface area contributed by atoms with Crippen molar-refractivity contribution >= 4 is 6.09 Å². The molecule has 0 radical (unpaired) electrons. The van der Waals surface area contributed by atoms with Crippen LogP contribution in [0.5, 0.6) is 5.75 Å². The Labute approximate surface area is 188 Å². The second-order valence-electron chi connectivity index (χ2n) is 9.18. The van der Waals surface area contributed by atoms with E-state index in [1.165, 1.54) is 32.1 Å². The van der Waals surface area contributed by atoms with Crippen molar-refractivity contribution in [3.05, 3.63) is 23.5 Å². The van der Waals surface area contributed by atoms with Crippen LogP contribution in [0.15, 0.2) is 12.1 Å². The van der Waals surface area contributed by atoms with Crippen LogP contribution in [-0.4, -0.2) is 63.4 Å². The van der Waals surface area contributed by atoms with Crippen molar-refractivity contribution < 1.29 is 19.0 Å². The summed E-state index contributed by atoms with van der Waals surface area (Å²) in [5.41, 5.74) is 3.26. The Kier molecular flexibility index (Phi) is 5.75. The Morgan fingerprint density at radius 3 is 2.75 bits per heavy atom. The van der Waals surface area contributed by atoms with Gasteiger partial charge in [0.2, 0.25) is 0 Å². The van der Waals surface area contributed by atoms with Crippen LogP contribution >= 0.6 is 0 Å². The molecule has 0 bridgehead atoms. The van der Waals surface area contributed by atoms with Crippen molar-refractivity contribution in [2.75, 3.05) is 26.3 Å². The average molecular weight is 442 g/mol. The van der Waals surface area contributed by atoms with E-state index in [9.17, 15) is 4.79 Å². The minimum Gasteiger partial charge on any atom is -0.488 e. The number of hydrogen-bond acceptors (Lipinski definition) is 7. The molecule has 9 heteroatoms. The second kappa shape index (κ2) is 8.69. The van der Waals surface area contributed by atoms with Gasteiger partial charge < -0.3 is 19.1 Å². The summed E-state index contributed by atoms with van der Waals surface area (Å²) < 4.78 is 18.8. The first-order chi connectivity index (χ1) is 15.6. The number of nitrogens with zero attached hydrogens (tertiary/aromatic N) is 5. The number of pyridine rings is 1. The van der Waals surface area contributed by atoms with E-state index < -0.39 is 0 Å².